The van der Waals surface area contributed by atoms with Gasteiger partial charge in [0.1, 0.15) is 16.1 Å². The number of amides is 2. The van der Waals surface area contributed by atoms with Gasteiger partial charge in [0.15, 0.2) is 0 Å². The van der Waals surface area contributed by atoms with Crippen molar-refractivity contribution in [2.45, 2.75) is 63.7 Å². The minimum Gasteiger partial charge on any atom is -0.351 e. The molecule has 3 aromatic rings. The molecule has 2 aliphatic rings. The molecule has 1 fully saturated rings. The van der Waals surface area contributed by atoms with Gasteiger partial charge in [-0.1, -0.05) is 49.1 Å². The van der Waals surface area contributed by atoms with Crippen LogP contribution in [0.5, 0.6) is 0 Å². The fourth-order valence-corrected chi connectivity index (χ4v) is 5.98. The van der Waals surface area contributed by atoms with Gasteiger partial charge in [0.25, 0.3) is 5.91 Å². The summed E-state index contributed by atoms with van der Waals surface area (Å²) in [7, 11) is 0. The van der Waals surface area contributed by atoms with Gasteiger partial charge in [-0.15, -0.1) is 11.3 Å². The average molecular weight is 456 g/mol. The molecule has 0 saturated heterocycles. The number of halogens is 1. The Morgan fingerprint density at radius 3 is 2.77 bits per heavy atom. The van der Waals surface area contributed by atoms with Gasteiger partial charge in [-0.2, -0.15) is 0 Å². The van der Waals surface area contributed by atoms with E-state index in [1.54, 1.807) is 16.2 Å². The molecule has 0 radical (unpaired) electrons. The number of nitrogens with zero attached hydrogens (tertiary/aromatic N) is 2. The predicted octanol–water partition coefficient (Wildman–Crippen LogP) is 5.22. The lowest BCUT2D eigenvalue weighted by Crippen LogP contribution is -2.64. The van der Waals surface area contributed by atoms with E-state index in [0.717, 1.165) is 41.5 Å². The van der Waals surface area contributed by atoms with Crippen molar-refractivity contribution in [2.75, 3.05) is 0 Å². The summed E-state index contributed by atoms with van der Waals surface area (Å²) in [4.78, 5) is 30.1. The first-order valence-corrected chi connectivity index (χ1v) is 12.2. The van der Waals surface area contributed by atoms with Gasteiger partial charge in [0.2, 0.25) is 5.91 Å². The highest BCUT2D eigenvalue weighted by molar-refractivity contribution is 7.16. The Bertz CT molecular complexity index is 1150. The van der Waals surface area contributed by atoms with Gasteiger partial charge in [0, 0.05) is 23.0 Å². The second-order valence-electron chi connectivity index (χ2n) is 8.86. The van der Waals surface area contributed by atoms with E-state index in [-0.39, 0.29) is 17.9 Å². The van der Waals surface area contributed by atoms with E-state index in [1.165, 1.54) is 6.42 Å². The standard InChI is InChI=1S/C24H26ClN3O2S/c1-24(23(30)26-18-8-3-2-4-9-18)15-27-20(13-16-11-12-31-22(16)27)21(29)28(24)14-17-7-5-6-10-19(17)25/h5-7,10-13,18H,2-4,8-9,14-15H2,1H3,(H,26,30). The van der Waals surface area contributed by atoms with Crippen molar-refractivity contribution in [3.8, 4) is 0 Å². The van der Waals surface area contributed by atoms with Gasteiger partial charge < -0.3 is 14.8 Å². The number of nitrogens with one attached hydrogen (secondary N) is 1. The lowest BCUT2D eigenvalue weighted by atomic mass is 9.91. The third-order valence-electron chi connectivity index (χ3n) is 6.74. The highest BCUT2D eigenvalue weighted by Gasteiger charge is 2.48. The zero-order chi connectivity index (χ0) is 21.6. The van der Waals surface area contributed by atoms with Crippen LogP contribution in [0.3, 0.4) is 0 Å². The van der Waals surface area contributed by atoms with E-state index in [9.17, 15) is 9.59 Å². The van der Waals surface area contributed by atoms with Crippen molar-refractivity contribution in [1.82, 2.24) is 14.8 Å². The normalized spacial score (nSPS) is 22.0. The molecule has 5 nitrogen and oxygen atoms in total. The maximum atomic E-state index is 13.7. The topological polar surface area (TPSA) is 54.3 Å². The number of hydrogen-bond acceptors (Lipinski definition) is 3. The Hall–Kier alpha value is -2.31. The molecule has 3 heterocycles. The third-order valence-corrected chi connectivity index (χ3v) is 8.06. The molecular weight excluding hydrogens is 430 g/mol. The molecule has 162 valence electrons. The quantitative estimate of drug-likeness (QED) is 0.586. The van der Waals surface area contributed by atoms with Crippen molar-refractivity contribution >= 4 is 45.0 Å². The van der Waals surface area contributed by atoms with E-state index in [4.69, 9.17) is 11.6 Å². The monoisotopic (exact) mass is 455 g/mol. The Kier molecular flexibility index (Phi) is 5.30. The maximum absolute atomic E-state index is 13.7. The van der Waals surface area contributed by atoms with Crippen molar-refractivity contribution in [2.24, 2.45) is 0 Å². The summed E-state index contributed by atoms with van der Waals surface area (Å²) in [5.74, 6) is -0.209. The third kappa shape index (κ3) is 3.56. The van der Waals surface area contributed by atoms with Gasteiger partial charge in [-0.25, -0.2) is 0 Å². The smallest absolute Gasteiger partial charge is 0.271 e. The van der Waals surface area contributed by atoms with Crippen LogP contribution in [-0.2, 0) is 17.9 Å². The number of fused-ring (bicyclic) bond motifs is 3. The number of carbonyl (C=O) groups is 2. The van der Waals surface area contributed by atoms with Crippen LogP contribution in [0.4, 0.5) is 0 Å². The Labute approximate surface area is 191 Å². The molecule has 5 rings (SSSR count). The van der Waals surface area contributed by atoms with Gasteiger partial charge >= 0.3 is 0 Å². The molecule has 1 aliphatic carbocycles. The van der Waals surface area contributed by atoms with Gasteiger partial charge in [-0.3, -0.25) is 9.59 Å². The second kappa shape index (κ2) is 7.99. The summed E-state index contributed by atoms with van der Waals surface area (Å²) in [6, 6.07) is 11.7. The van der Waals surface area contributed by atoms with Crippen molar-refractivity contribution in [3.63, 3.8) is 0 Å². The molecule has 31 heavy (non-hydrogen) atoms. The number of aromatic nitrogens is 1. The molecule has 1 aliphatic heterocycles. The summed E-state index contributed by atoms with van der Waals surface area (Å²) in [5, 5.41) is 6.94. The van der Waals surface area contributed by atoms with E-state index >= 15 is 0 Å². The number of hydrogen-bond donors (Lipinski definition) is 1. The molecule has 0 bridgehead atoms. The zero-order valence-electron chi connectivity index (χ0n) is 17.6. The Morgan fingerprint density at radius 1 is 1.23 bits per heavy atom. The minimum absolute atomic E-state index is 0.0798. The molecule has 2 amide bonds. The van der Waals surface area contributed by atoms with Crippen LogP contribution >= 0.6 is 22.9 Å². The highest BCUT2D eigenvalue weighted by Crippen LogP contribution is 2.36. The lowest BCUT2D eigenvalue weighted by Gasteiger charge is -2.45. The van der Waals surface area contributed by atoms with Crippen LogP contribution < -0.4 is 5.32 Å². The SMILES string of the molecule is CC1(C(=O)NC2CCCCC2)Cn2c(cc3ccsc32)C(=O)N1Cc1ccccc1Cl. The first-order chi connectivity index (χ1) is 15.0. The van der Waals surface area contributed by atoms with Gasteiger partial charge in [0.05, 0.1) is 6.54 Å². The number of carbonyl (C=O) groups excluding carboxylic acids is 2. The van der Waals surface area contributed by atoms with Crippen molar-refractivity contribution in [3.05, 3.63) is 58.1 Å². The predicted molar refractivity (Wildman–Crippen MR) is 125 cm³/mol. The van der Waals surface area contributed by atoms with Crippen molar-refractivity contribution < 1.29 is 9.59 Å². The maximum Gasteiger partial charge on any atom is 0.271 e. The van der Waals surface area contributed by atoms with Crippen LogP contribution in [0, 0.1) is 0 Å². The summed E-state index contributed by atoms with van der Waals surface area (Å²) in [6.45, 7) is 2.62. The molecule has 1 unspecified atom stereocenters. The van der Waals surface area contributed by atoms with E-state index in [1.807, 2.05) is 53.3 Å². The largest absolute Gasteiger partial charge is 0.351 e. The molecular formula is C24H26ClN3O2S. The fraction of sp³-hybridized carbons (Fsp3) is 0.417. The molecule has 1 atom stereocenters. The molecule has 1 aromatic carbocycles. The van der Waals surface area contributed by atoms with E-state index < -0.39 is 5.54 Å². The summed E-state index contributed by atoms with van der Waals surface area (Å²) in [6.07, 6.45) is 5.52. The Morgan fingerprint density at radius 2 is 2.00 bits per heavy atom. The molecule has 7 heteroatoms. The Balaban J connectivity index is 1.54. The van der Waals surface area contributed by atoms with Crippen molar-refractivity contribution in [1.29, 1.82) is 0 Å². The van der Waals surface area contributed by atoms with Crippen LogP contribution in [0.2, 0.25) is 5.02 Å². The first-order valence-electron chi connectivity index (χ1n) is 10.9. The minimum atomic E-state index is -1.00. The van der Waals surface area contributed by atoms with Crippen LogP contribution in [0.25, 0.3) is 10.2 Å². The van der Waals surface area contributed by atoms with Crippen LogP contribution in [-0.4, -0.2) is 32.9 Å². The molecule has 0 spiro atoms. The summed E-state index contributed by atoms with van der Waals surface area (Å²) >= 11 is 8.03. The van der Waals surface area contributed by atoms with Crippen LogP contribution in [0.1, 0.15) is 55.1 Å². The number of benzene rings is 1. The van der Waals surface area contributed by atoms with E-state index in [0.29, 0.717) is 23.8 Å². The zero-order valence-corrected chi connectivity index (χ0v) is 19.1. The number of rotatable bonds is 4. The highest BCUT2D eigenvalue weighted by atomic mass is 35.5. The molecule has 2 aromatic heterocycles. The first kappa shape index (κ1) is 20.6. The van der Waals surface area contributed by atoms with Crippen LogP contribution in [0.15, 0.2) is 41.8 Å². The summed E-state index contributed by atoms with van der Waals surface area (Å²) in [5.41, 5.74) is 0.476. The van der Waals surface area contributed by atoms with E-state index in [2.05, 4.69) is 5.32 Å². The molecule has 1 saturated carbocycles. The number of thiophene rings is 1. The lowest BCUT2D eigenvalue weighted by molar-refractivity contribution is -0.134. The fourth-order valence-electron chi connectivity index (χ4n) is 4.89. The molecule has 1 N–H and O–H groups in total. The average Bonchev–Trinajstić information content (AvgIpc) is 3.35. The summed E-state index contributed by atoms with van der Waals surface area (Å²) < 4.78 is 2.02. The second-order valence-corrected chi connectivity index (χ2v) is 10.2. The van der Waals surface area contributed by atoms with Gasteiger partial charge in [-0.05, 0) is 48.9 Å².